The summed E-state index contributed by atoms with van der Waals surface area (Å²) in [5.74, 6) is -5.45. The third-order valence-electron chi connectivity index (χ3n) is 3.66. The van der Waals surface area contributed by atoms with Gasteiger partial charge in [-0.2, -0.15) is 15.2 Å². The number of ether oxygens (including phenoxy) is 2. The van der Waals surface area contributed by atoms with E-state index >= 15 is 0 Å². The Bertz CT molecular complexity index is 1150. The number of nitriles is 1. The van der Waals surface area contributed by atoms with E-state index < -0.39 is 52.7 Å². The Hall–Kier alpha value is -4.45. The van der Waals surface area contributed by atoms with Gasteiger partial charge >= 0.3 is 23.4 Å². The highest BCUT2D eigenvalue weighted by Gasteiger charge is 2.33. The number of carbonyl (C=O) groups excluding carboxylic acids is 2. The lowest BCUT2D eigenvalue weighted by molar-refractivity contribution is -0.387. The third kappa shape index (κ3) is 5.58. The Morgan fingerprint density at radius 1 is 1.31 bits per heavy atom. The summed E-state index contributed by atoms with van der Waals surface area (Å²) in [4.78, 5) is 52.6. The minimum Gasteiger partial charge on any atom is -0.478 e. The van der Waals surface area contributed by atoms with E-state index in [0.29, 0.717) is 0 Å². The topological polar surface area (TPSA) is 235 Å². The van der Waals surface area contributed by atoms with Gasteiger partial charge in [0.1, 0.15) is 5.75 Å². The predicted molar refractivity (Wildman–Crippen MR) is 106 cm³/mol. The van der Waals surface area contributed by atoms with Gasteiger partial charge in [0.15, 0.2) is 5.16 Å². The van der Waals surface area contributed by atoms with E-state index in [-0.39, 0.29) is 22.0 Å². The number of carboxylic acid groups (broad SMARTS) is 1. The highest BCUT2D eigenvalue weighted by Crippen LogP contribution is 2.39. The van der Waals surface area contributed by atoms with E-state index in [9.17, 15) is 29.6 Å². The second-order valence-electron chi connectivity index (χ2n) is 5.83. The molecule has 1 aromatic carbocycles. The van der Waals surface area contributed by atoms with Crippen LogP contribution in [0.4, 0.5) is 5.69 Å². The first-order chi connectivity index (χ1) is 15.1. The molecule has 0 radical (unpaired) electrons. The van der Waals surface area contributed by atoms with E-state index in [1.807, 2.05) is 6.07 Å². The normalized spacial score (nSPS) is 11.1. The molecule has 166 valence electrons. The molecule has 32 heavy (non-hydrogen) atoms. The number of thioether (sulfide) groups is 1. The number of primary amides is 2. The molecule has 0 fully saturated rings. The zero-order valence-electron chi connectivity index (χ0n) is 16.2. The first-order valence-electron chi connectivity index (χ1n) is 8.37. The van der Waals surface area contributed by atoms with E-state index in [1.54, 1.807) is 0 Å². The summed E-state index contributed by atoms with van der Waals surface area (Å²) in [5.41, 5.74) is 9.13. The van der Waals surface area contributed by atoms with Crippen molar-refractivity contribution in [3.8, 4) is 23.6 Å². The standard InChI is InChI=1S/C17H14N6O8S/c1-32-17-21-14(30-9-4-7(6-18)2-3-8(9)13(20)25)12(23(28)29)15(22-17)31-10(16(26)27)5-11(19)24/h2-4,10H,5H2,1H3,(H2,19,24)(H2,20,25)(H,26,27). The molecule has 2 rings (SSSR count). The number of nitrogens with zero attached hydrogens (tertiary/aromatic N) is 4. The quantitative estimate of drug-likeness (QED) is 0.190. The Kier molecular flexibility index (Phi) is 7.47. The van der Waals surface area contributed by atoms with Crippen LogP contribution < -0.4 is 20.9 Å². The zero-order chi connectivity index (χ0) is 24.0. The van der Waals surface area contributed by atoms with Gasteiger partial charge in [-0.05, 0) is 24.5 Å². The predicted octanol–water partition coefficient (Wildman–Crippen LogP) is 0.577. The molecule has 1 atom stereocenters. The number of aliphatic carboxylic acids is 1. The van der Waals surface area contributed by atoms with Gasteiger partial charge in [-0.15, -0.1) is 0 Å². The number of carbonyl (C=O) groups is 3. The molecule has 2 amide bonds. The molecule has 2 aromatic rings. The Labute approximate surface area is 183 Å². The van der Waals surface area contributed by atoms with Gasteiger partial charge in [-0.1, -0.05) is 11.8 Å². The van der Waals surface area contributed by atoms with Gasteiger partial charge in [0.2, 0.25) is 12.0 Å². The molecule has 1 aromatic heterocycles. The van der Waals surface area contributed by atoms with Crippen molar-refractivity contribution < 1.29 is 33.9 Å². The van der Waals surface area contributed by atoms with Gasteiger partial charge in [0, 0.05) is 0 Å². The van der Waals surface area contributed by atoms with Crippen molar-refractivity contribution in [1.82, 2.24) is 9.97 Å². The molecule has 1 heterocycles. The molecule has 0 saturated heterocycles. The van der Waals surface area contributed by atoms with Crippen LogP contribution >= 0.6 is 11.8 Å². The van der Waals surface area contributed by atoms with Gasteiger partial charge in [0.25, 0.3) is 5.91 Å². The molecule has 0 saturated carbocycles. The number of rotatable bonds is 10. The van der Waals surface area contributed by atoms with E-state index in [2.05, 4.69) is 9.97 Å². The van der Waals surface area contributed by atoms with Crippen molar-refractivity contribution in [3.63, 3.8) is 0 Å². The van der Waals surface area contributed by atoms with Gasteiger partial charge < -0.3 is 26.0 Å². The van der Waals surface area contributed by atoms with Crippen molar-refractivity contribution in [2.24, 2.45) is 11.5 Å². The number of carboxylic acids is 1. The number of benzene rings is 1. The average molecular weight is 462 g/mol. The lowest BCUT2D eigenvalue weighted by Gasteiger charge is -2.15. The fraction of sp³-hybridized carbons (Fsp3) is 0.176. The maximum atomic E-state index is 11.7. The van der Waals surface area contributed by atoms with Gasteiger partial charge in [-0.25, -0.2) is 4.79 Å². The number of hydrogen-bond donors (Lipinski definition) is 3. The number of aromatic nitrogens is 2. The van der Waals surface area contributed by atoms with Crippen LogP contribution in [0.5, 0.6) is 17.5 Å². The molecule has 0 bridgehead atoms. The summed E-state index contributed by atoms with van der Waals surface area (Å²) in [7, 11) is 0. The fourth-order valence-electron chi connectivity index (χ4n) is 2.28. The average Bonchev–Trinajstić information content (AvgIpc) is 2.71. The highest BCUT2D eigenvalue weighted by molar-refractivity contribution is 7.98. The minimum absolute atomic E-state index is 0.0515. The second kappa shape index (κ2) is 10.0. The summed E-state index contributed by atoms with van der Waals surface area (Å²) >= 11 is 0.908. The summed E-state index contributed by atoms with van der Waals surface area (Å²) in [6.45, 7) is 0. The summed E-state index contributed by atoms with van der Waals surface area (Å²) in [5, 5.41) is 29.9. The van der Waals surface area contributed by atoms with E-state index in [0.717, 1.165) is 17.8 Å². The Balaban J connectivity index is 2.66. The minimum atomic E-state index is -1.88. The Morgan fingerprint density at radius 3 is 2.47 bits per heavy atom. The fourth-order valence-corrected chi connectivity index (χ4v) is 2.63. The van der Waals surface area contributed by atoms with Gasteiger partial charge in [0.05, 0.1) is 28.5 Å². The van der Waals surface area contributed by atoms with Crippen molar-refractivity contribution in [3.05, 3.63) is 39.4 Å². The van der Waals surface area contributed by atoms with Crippen molar-refractivity contribution >= 4 is 35.2 Å². The lowest BCUT2D eigenvalue weighted by Crippen LogP contribution is -2.32. The highest BCUT2D eigenvalue weighted by atomic mass is 32.2. The molecule has 1 unspecified atom stereocenters. The van der Waals surface area contributed by atoms with Crippen LogP contribution in [0.25, 0.3) is 0 Å². The maximum absolute atomic E-state index is 11.7. The molecule has 5 N–H and O–H groups in total. The molecule has 0 spiro atoms. The second-order valence-corrected chi connectivity index (χ2v) is 6.60. The molecule has 0 aliphatic rings. The third-order valence-corrected chi connectivity index (χ3v) is 4.21. The molecular weight excluding hydrogens is 448 g/mol. The lowest BCUT2D eigenvalue weighted by atomic mass is 10.1. The van der Waals surface area contributed by atoms with Gasteiger partial charge in [-0.3, -0.25) is 19.7 Å². The summed E-state index contributed by atoms with van der Waals surface area (Å²) in [6.07, 6.45) is -1.17. The summed E-state index contributed by atoms with van der Waals surface area (Å²) < 4.78 is 10.5. The molecule has 0 aliphatic heterocycles. The smallest absolute Gasteiger partial charge is 0.392 e. The first kappa shape index (κ1) is 23.8. The van der Waals surface area contributed by atoms with E-state index in [1.165, 1.54) is 18.4 Å². The Morgan fingerprint density at radius 2 is 1.97 bits per heavy atom. The molecule has 0 aliphatic carbocycles. The van der Waals surface area contributed by atoms with Crippen LogP contribution in [0.3, 0.4) is 0 Å². The van der Waals surface area contributed by atoms with Crippen molar-refractivity contribution in [2.75, 3.05) is 6.26 Å². The molecule has 15 heteroatoms. The van der Waals surface area contributed by atoms with Crippen LogP contribution in [0.2, 0.25) is 0 Å². The van der Waals surface area contributed by atoms with Crippen LogP contribution in [0.15, 0.2) is 23.4 Å². The SMILES string of the molecule is CSc1nc(Oc2cc(C#N)ccc2C(N)=O)c([N+](=O)[O-])c(OC(CC(N)=O)C(=O)O)n1. The van der Waals surface area contributed by atoms with Crippen LogP contribution in [0, 0.1) is 21.4 Å². The van der Waals surface area contributed by atoms with Crippen molar-refractivity contribution in [1.29, 1.82) is 5.26 Å². The van der Waals surface area contributed by atoms with Crippen LogP contribution in [-0.4, -0.2) is 50.1 Å². The number of nitro groups is 1. The maximum Gasteiger partial charge on any atom is 0.392 e. The van der Waals surface area contributed by atoms with Crippen LogP contribution in [-0.2, 0) is 9.59 Å². The number of amides is 2. The number of hydrogen-bond acceptors (Lipinski definition) is 11. The summed E-state index contributed by atoms with van der Waals surface area (Å²) in [6, 6.07) is 5.39. The number of nitrogens with two attached hydrogens (primary N) is 2. The molecule has 14 nitrogen and oxygen atoms in total. The van der Waals surface area contributed by atoms with Crippen LogP contribution in [0.1, 0.15) is 22.3 Å². The first-order valence-corrected chi connectivity index (χ1v) is 9.59. The zero-order valence-corrected chi connectivity index (χ0v) is 17.0. The largest absolute Gasteiger partial charge is 0.478 e. The monoisotopic (exact) mass is 462 g/mol. The molecular formula is C17H14N6O8S. The van der Waals surface area contributed by atoms with Crippen molar-refractivity contribution in [2.45, 2.75) is 17.7 Å². The van der Waals surface area contributed by atoms with E-state index in [4.69, 9.17) is 26.2 Å².